The number of aryl methyl sites for hydroxylation is 1. The Kier molecular flexibility index (Phi) is 5.98. The number of unbranched alkanes of at least 4 members (excludes halogenated alkanes) is 1. The molecule has 0 bridgehead atoms. The van der Waals surface area contributed by atoms with Gasteiger partial charge in [0.15, 0.2) is 5.17 Å². The zero-order chi connectivity index (χ0) is 18.4. The number of nitrogens with two attached hydrogens (primary N) is 1. The fraction of sp³-hybridized carbons (Fsp3) is 0.238. The summed E-state index contributed by atoms with van der Waals surface area (Å²) < 4.78 is 0. The van der Waals surface area contributed by atoms with E-state index in [2.05, 4.69) is 48.7 Å². The van der Waals surface area contributed by atoms with Gasteiger partial charge in [-0.05, 0) is 42.7 Å². The van der Waals surface area contributed by atoms with Crippen molar-refractivity contribution in [3.8, 4) is 6.07 Å². The molecule has 1 aliphatic heterocycles. The molecule has 2 aromatic rings. The molecule has 0 amide bonds. The number of nitrogens with one attached hydrogen (secondary N) is 1. The zero-order valence-corrected chi connectivity index (χ0v) is 15.6. The van der Waals surface area contributed by atoms with E-state index in [4.69, 9.17) is 16.0 Å². The highest BCUT2D eigenvalue weighted by Gasteiger charge is 2.18. The van der Waals surface area contributed by atoms with Crippen molar-refractivity contribution in [3.63, 3.8) is 0 Å². The summed E-state index contributed by atoms with van der Waals surface area (Å²) in [6.07, 6.45) is 3.58. The highest BCUT2D eigenvalue weighted by Crippen LogP contribution is 2.29. The number of amidine groups is 1. The van der Waals surface area contributed by atoms with E-state index in [1.807, 2.05) is 24.3 Å². The Morgan fingerprint density at radius 3 is 2.77 bits per heavy atom. The van der Waals surface area contributed by atoms with Crippen LogP contribution in [0.3, 0.4) is 0 Å². The molecule has 4 nitrogen and oxygen atoms in total. The van der Waals surface area contributed by atoms with Gasteiger partial charge in [-0.25, -0.2) is 4.99 Å². The van der Waals surface area contributed by atoms with Crippen LogP contribution in [-0.2, 0) is 0 Å². The molecule has 1 unspecified atom stereocenters. The number of nitrogens with zero attached hydrogens (tertiary/aromatic N) is 2. The molecule has 26 heavy (non-hydrogen) atoms. The lowest BCUT2D eigenvalue weighted by Crippen LogP contribution is -2.24. The standard InChI is InChI=1S/C21H22N4S/c1-15-5-4-6-17(13-15)20-14-19(16-7-9-18(23)10-8-16)24-21(25-20)26-12-3-2-11-22/h4-10,13-14,20H,2-3,12,23H2,1H3,(H,24,25). The number of anilines is 1. The van der Waals surface area contributed by atoms with E-state index in [1.165, 1.54) is 11.1 Å². The van der Waals surface area contributed by atoms with Crippen LogP contribution < -0.4 is 11.1 Å². The van der Waals surface area contributed by atoms with Gasteiger partial charge < -0.3 is 11.1 Å². The van der Waals surface area contributed by atoms with Gasteiger partial charge in [-0.3, -0.25) is 0 Å². The van der Waals surface area contributed by atoms with Crippen molar-refractivity contribution in [2.45, 2.75) is 25.8 Å². The van der Waals surface area contributed by atoms with E-state index in [0.717, 1.165) is 34.3 Å². The summed E-state index contributed by atoms with van der Waals surface area (Å²) >= 11 is 1.66. The van der Waals surface area contributed by atoms with Gasteiger partial charge in [0.05, 0.1) is 12.1 Å². The van der Waals surface area contributed by atoms with Gasteiger partial charge in [-0.2, -0.15) is 5.26 Å². The van der Waals surface area contributed by atoms with E-state index in [9.17, 15) is 0 Å². The minimum Gasteiger partial charge on any atom is -0.399 e. The lowest BCUT2D eigenvalue weighted by Gasteiger charge is -2.23. The lowest BCUT2D eigenvalue weighted by molar-refractivity contribution is 0.886. The number of rotatable bonds is 5. The summed E-state index contributed by atoms with van der Waals surface area (Å²) in [5, 5.41) is 13.0. The predicted molar refractivity (Wildman–Crippen MR) is 111 cm³/mol. The van der Waals surface area contributed by atoms with Crippen LogP contribution in [0.2, 0.25) is 0 Å². The summed E-state index contributed by atoms with van der Waals surface area (Å²) in [6, 6.07) is 18.5. The molecular formula is C21H22N4S. The monoisotopic (exact) mass is 362 g/mol. The SMILES string of the molecule is Cc1cccc(C2C=C(c3ccc(N)cc3)NC(SCCCC#N)=N2)c1. The Morgan fingerprint density at radius 2 is 2.04 bits per heavy atom. The van der Waals surface area contributed by atoms with E-state index in [1.54, 1.807) is 11.8 Å². The van der Waals surface area contributed by atoms with Crippen LogP contribution >= 0.6 is 11.8 Å². The molecule has 132 valence electrons. The Labute approximate surface area is 158 Å². The number of hydrogen-bond donors (Lipinski definition) is 2. The third-order valence-corrected chi connectivity index (χ3v) is 5.07. The molecule has 3 rings (SSSR count). The van der Waals surface area contributed by atoms with Crippen molar-refractivity contribution in [3.05, 3.63) is 71.3 Å². The van der Waals surface area contributed by atoms with E-state index in [-0.39, 0.29) is 6.04 Å². The van der Waals surface area contributed by atoms with Gasteiger partial charge in [0.25, 0.3) is 0 Å². The first-order valence-corrected chi connectivity index (χ1v) is 9.63. The van der Waals surface area contributed by atoms with Gasteiger partial charge in [-0.1, -0.05) is 53.7 Å². The summed E-state index contributed by atoms with van der Waals surface area (Å²) in [4.78, 5) is 4.87. The van der Waals surface area contributed by atoms with Gasteiger partial charge in [-0.15, -0.1) is 0 Å². The highest BCUT2D eigenvalue weighted by molar-refractivity contribution is 8.13. The Hall–Kier alpha value is -2.71. The van der Waals surface area contributed by atoms with E-state index in [0.29, 0.717) is 6.42 Å². The number of thioether (sulfide) groups is 1. The summed E-state index contributed by atoms with van der Waals surface area (Å²) in [5.74, 6) is 0.870. The Bertz CT molecular complexity index is 862. The minimum absolute atomic E-state index is 0.0258. The topological polar surface area (TPSA) is 74.2 Å². The first-order valence-electron chi connectivity index (χ1n) is 8.64. The lowest BCUT2D eigenvalue weighted by atomic mass is 10.0. The first kappa shape index (κ1) is 18.1. The fourth-order valence-electron chi connectivity index (χ4n) is 2.76. The summed E-state index contributed by atoms with van der Waals surface area (Å²) in [7, 11) is 0. The maximum Gasteiger partial charge on any atom is 0.161 e. The van der Waals surface area contributed by atoms with Crippen LogP contribution in [0.4, 0.5) is 5.69 Å². The van der Waals surface area contributed by atoms with Crippen LogP contribution in [-0.4, -0.2) is 10.9 Å². The van der Waals surface area contributed by atoms with Crippen molar-refractivity contribution in [1.82, 2.24) is 5.32 Å². The number of benzene rings is 2. The quantitative estimate of drug-likeness (QED) is 0.599. The molecule has 1 atom stereocenters. The molecular weight excluding hydrogens is 340 g/mol. The molecule has 1 heterocycles. The van der Waals surface area contributed by atoms with Crippen molar-refractivity contribution in [2.75, 3.05) is 11.5 Å². The highest BCUT2D eigenvalue weighted by atomic mass is 32.2. The molecule has 3 N–H and O–H groups in total. The molecule has 5 heteroatoms. The molecule has 0 aromatic heterocycles. The average Bonchev–Trinajstić information content (AvgIpc) is 2.66. The fourth-order valence-corrected chi connectivity index (χ4v) is 3.61. The van der Waals surface area contributed by atoms with Crippen LogP contribution in [0.1, 0.15) is 35.6 Å². The predicted octanol–water partition coefficient (Wildman–Crippen LogP) is 4.66. The van der Waals surface area contributed by atoms with Crippen LogP contribution in [0.5, 0.6) is 0 Å². The van der Waals surface area contributed by atoms with E-state index >= 15 is 0 Å². The molecule has 0 saturated carbocycles. The van der Waals surface area contributed by atoms with Gasteiger partial charge in [0.2, 0.25) is 0 Å². The second kappa shape index (κ2) is 8.59. The van der Waals surface area contributed by atoms with Crippen LogP contribution in [0.25, 0.3) is 5.70 Å². The van der Waals surface area contributed by atoms with Crippen molar-refractivity contribution in [2.24, 2.45) is 4.99 Å². The zero-order valence-electron chi connectivity index (χ0n) is 14.8. The average molecular weight is 363 g/mol. The number of aliphatic imine (C=N–C) groups is 1. The third kappa shape index (κ3) is 4.68. The third-order valence-electron chi connectivity index (χ3n) is 4.10. The molecule has 0 saturated heterocycles. The number of nitriles is 1. The number of hydrogen-bond acceptors (Lipinski definition) is 5. The molecule has 2 aromatic carbocycles. The smallest absolute Gasteiger partial charge is 0.161 e. The van der Waals surface area contributed by atoms with Crippen molar-refractivity contribution < 1.29 is 0 Å². The summed E-state index contributed by atoms with van der Waals surface area (Å²) in [5.41, 5.74) is 11.1. The van der Waals surface area contributed by atoms with Crippen molar-refractivity contribution >= 4 is 28.3 Å². The Morgan fingerprint density at radius 1 is 1.23 bits per heavy atom. The molecule has 1 aliphatic rings. The van der Waals surface area contributed by atoms with Gasteiger partial charge in [0.1, 0.15) is 0 Å². The number of nitrogen functional groups attached to an aromatic ring is 1. The van der Waals surface area contributed by atoms with Crippen LogP contribution in [0, 0.1) is 18.3 Å². The Balaban J connectivity index is 1.87. The molecule has 0 fully saturated rings. The minimum atomic E-state index is -0.0258. The largest absolute Gasteiger partial charge is 0.399 e. The molecule has 0 spiro atoms. The maximum absolute atomic E-state index is 8.71. The second-order valence-electron chi connectivity index (χ2n) is 6.23. The first-order chi connectivity index (χ1) is 12.7. The molecule has 0 radical (unpaired) electrons. The van der Waals surface area contributed by atoms with Crippen LogP contribution in [0.15, 0.2) is 59.6 Å². The van der Waals surface area contributed by atoms with Gasteiger partial charge >= 0.3 is 0 Å². The molecule has 0 aliphatic carbocycles. The maximum atomic E-state index is 8.71. The van der Waals surface area contributed by atoms with Crippen molar-refractivity contribution in [1.29, 1.82) is 5.26 Å². The second-order valence-corrected chi connectivity index (χ2v) is 7.31. The van der Waals surface area contributed by atoms with Gasteiger partial charge in [0, 0.05) is 23.6 Å². The summed E-state index contributed by atoms with van der Waals surface area (Å²) in [6.45, 7) is 2.09. The normalized spacial score (nSPS) is 16.2. The van der Waals surface area contributed by atoms with E-state index < -0.39 is 0 Å².